The third-order valence-electron chi connectivity index (χ3n) is 6.01. The quantitative estimate of drug-likeness (QED) is 0.422. The highest BCUT2D eigenvalue weighted by Gasteiger charge is 2.35. The van der Waals surface area contributed by atoms with Crippen LogP contribution in [-0.4, -0.2) is 59.9 Å². The molecule has 1 N–H and O–H groups in total. The van der Waals surface area contributed by atoms with E-state index in [0.29, 0.717) is 28.7 Å². The van der Waals surface area contributed by atoms with Crippen LogP contribution in [0.5, 0.6) is 0 Å². The number of rotatable bonds is 7. The smallest absolute Gasteiger partial charge is 0.290 e. The molecular weight excluding hydrogens is 463 g/mol. The van der Waals surface area contributed by atoms with Crippen LogP contribution in [0.15, 0.2) is 42.9 Å². The molecule has 5 rings (SSSR count). The van der Waals surface area contributed by atoms with Gasteiger partial charge >= 0.3 is 0 Å². The van der Waals surface area contributed by atoms with Gasteiger partial charge in [0.05, 0.1) is 27.3 Å². The Labute approximate surface area is 210 Å². The first-order valence-corrected chi connectivity index (χ1v) is 11.4. The number of ether oxygens (including phenoxy) is 1. The van der Waals surface area contributed by atoms with E-state index in [2.05, 4.69) is 25.4 Å². The van der Waals surface area contributed by atoms with Gasteiger partial charge in [0.1, 0.15) is 17.3 Å². The number of methoxy groups -OCH3 is 1. The summed E-state index contributed by atoms with van der Waals surface area (Å²) in [7, 11) is 3.28. The average molecular weight is 493 g/mol. The van der Waals surface area contributed by atoms with Gasteiger partial charge in [-0.3, -0.25) is 9.48 Å². The molecule has 1 amide bonds. The molecule has 0 aliphatic carbocycles. The summed E-state index contributed by atoms with van der Waals surface area (Å²) >= 11 is 0. The number of carbonyl (C=O) groups excluding carboxylic acids is 1. The van der Waals surface area contributed by atoms with Crippen molar-refractivity contribution in [2.75, 3.05) is 19.0 Å². The van der Waals surface area contributed by atoms with Crippen LogP contribution in [-0.2, 0) is 24.8 Å². The van der Waals surface area contributed by atoms with Gasteiger partial charge < -0.3 is 19.5 Å². The Balaban J connectivity index is 1.52. The van der Waals surface area contributed by atoms with Crippen molar-refractivity contribution in [3.05, 3.63) is 71.2 Å². The summed E-state index contributed by atoms with van der Waals surface area (Å²) in [5.74, 6) is -0.0776. The van der Waals surface area contributed by atoms with Gasteiger partial charge in [-0.05, 0) is 36.6 Å². The topological polar surface area (TPSA) is 103 Å². The second-order valence-electron chi connectivity index (χ2n) is 8.65. The van der Waals surface area contributed by atoms with Gasteiger partial charge in [-0.1, -0.05) is 12.1 Å². The number of anilines is 2. The standard InChI is InChI=1S/C25H27FN8O2/c1-15-5-6-17(9-19(15)26)11-34-18(14-36-4)12-33-13-20(29-23(33)24(34)35)22-16(2)10-27-25(31-22)30-21-7-8-28-32(21)3/h5-10,13,18H,11-12,14H2,1-4H3,(H,27,30,31)/i11D2. The highest BCUT2D eigenvalue weighted by atomic mass is 19.1. The third kappa shape index (κ3) is 4.44. The number of nitrogens with one attached hydrogen (secondary N) is 1. The molecular formula is C25H27FN8O2. The first kappa shape index (κ1) is 21.2. The Morgan fingerprint density at radius 3 is 2.81 bits per heavy atom. The number of halogens is 1. The predicted molar refractivity (Wildman–Crippen MR) is 131 cm³/mol. The predicted octanol–water partition coefficient (Wildman–Crippen LogP) is 3.24. The zero-order chi connectivity index (χ0) is 27.2. The minimum absolute atomic E-state index is 0.0350. The lowest BCUT2D eigenvalue weighted by molar-refractivity contribution is 0.0380. The van der Waals surface area contributed by atoms with Gasteiger partial charge in [-0.15, -0.1) is 0 Å². The van der Waals surface area contributed by atoms with Crippen LogP contribution in [0, 0.1) is 19.7 Å². The number of aryl methyl sites for hydroxylation is 3. The van der Waals surface area contributed by atoms with Crippen LogP contribution in [0.4, 0.5) is 16.2 Å². The van der Waals surface area contributed by atoms with Crippen molar-refractivity contribution in [3.63, 3.8) is 0 Å². The highest BCUT2D eigenvalue weighted by molar-refractivity contribution is 5.92. The van der Waals surface area contributed by atoms with Crippen LogP contribution >= 0.6 is 0 Å². The Hall–Kier alpha value is -4.12. The maximum absolute atomic E-state index is 14.3. The molecule has 11 heteroatoms. The fraction of sp³-hybridized carbons (Fsp3) is 0.320. The third-order valence-corrected chi connectivity index (χ3v) is 6.01. The van der Waals surface area contributed by atoms with E-state index in [9.17, 15) is 9.18 Å². The number of amides is 1. The van der Waals surface area contributed by atoms with Crippen molar-refractivity contribution in [1.82, 2.24) is 34.2 Å². The van der Waals surface area contributed by atoms with Crippen molar-refractivity contribution in [2.24, 2.45) is 7.05 Å². The molecule has 0 fully saturated rings. The second kappa shape index (κ2) is 9.50. The van der Waals surface area contributed by atoms with Crippen molar-refractivity contribution in [2.45, 2.75) is 32.9 Å². The lowest BCUT2D eigenvalue weighted by atomic mass is 10.1. The van der Waals surface area contributed by atoms with E-state index in [1.165, 1.54) is 19.2 Å². The molecule has 1 atom stereocenters. The Bertz CT molecular complexity index is 1520. The van der Waals surface area contributed by atoms with Crippen LogP contribution in [0.25, 0.3) is 11.4 Å². The van der Waals surface area contributed by atoms with E-state index in [0.717, 1.165) is 16.5 Å². The molecule has 36 heavy (non-hydrogen) atoms. The molecule has 10 nitrogen and oxygen atoms in total. The zero-order valence-corrected chi connectivity index (χ0v) is 20.4. The summed E-state index contributed by atoms with van der Waals surface area (Å²) in [6.45, 7) is 1.45. The molecule has 0 saturated carbocycles. The fourth-order valence-corrected chi connectivity index (χ4v) is 4.06. The summed E-state index contributed by atoms with van der Waals surface area (Å²) in [5.41, 5.74) is 2.15. The first-order valence-electron chi connectivity index (χ1n) is 12.4. The normalized spacial score (nSPS) is 16.5. The monoisotopic (exact) mass is 492 g/mol. The molecule has 1 aliphatic rings. The minimum atomic E-state index is -2.31. The maximum atomic E-state index is 14.3. The number of imidazole rings is 1. The van der Waals surface area contributed by atoms with Gasteiger partial charge in [0.15, 0.2) is 5.82 Å². The van der Waals surface area contributed by atoms with E-state index < -0.39 is 24.3 Å². The van der Waals surface area contributed by atoms with Gasteiger partial charge in [-0.2, -0.15) is 5.10 Å². The first-order chi connectivity index (χ1) is 18.1. The van der Waals surface area contributed by atoms with Crippen molar-refractivity contribution < 1.29 is 16.7 Å². The molecule has 0 saturated heterocycles. The lowest BCUT2D eigenvalue weighted by Crippen LogP contribution is -2.49. The number of hydrogen-bond donors (Lipinski definition) is 1. The maximum Gasteiger partial charge on any atom is 0.290 e. The highest BCUT2D eigenvalue weighted by Crippen LogP contribution is 2.27. The SMILES string of the molecule is [2H]C([2H])(c1ccc(C)c(F)c1)N1C(=O)c2nc(-c3nc(Nc4ccnn4C)ncc3C)cn2CC1COC. The number of benzene rings is 1. The number of hydrogen-bond acceptors (Lipinski definition) is 7. The Kier molecular flexibility index (Phi) is 5.59. The van der Waals surface area contributed by atoms with Crippen LogP contribution < -0.4 is 5.32 Å². The van der Waals surface area contributed by atoms with Crippen molar-refractivity contribution in [3.8, 4) is 11.4 Å². The number of nitrogens with zero attached hydrogens (tertiary/aromatic N) is 7. The number of fused-ring (bicyclic) bond motifs is 1. The summed E-state index contributed by atoms with van der Waals surface area (Å²) in [6.07, 6.45) is 5.03. The van der Waals surface area contributed by atoms with Crippen molar-refractivity contribution >= 4 is 17.7 Å². The molecule has 1 aromatic carbocycles. The van der Waals surface area contributed by atoms with E-state index in [4.69, 9.17) is 7.48 Å². The number of aromatic nitrogens is 6. The zero-order valence-electron chi connectivity index (χ0n) is 22.4. The molecule has 1 unspecified atom stereocenters. The van der Waals surface area contributed by atoms with Gasteiger partial charge in [0.25, 0.3) is 5.91 Å². The van der Waals surface area contributed by atoms with Crippen LogP contribution in [0.3, 0.4) is 0 Å². The van der Waals surface area contributed by atoms with E-state index in [-0.39, 0.29) is 24.5 Å². The van der Waals surface area contributed by atoms with Gasteiger partial charge in [0.2, 0.25) is 5.95 Å². The molecule has 4 aromatic rings. The van der Waals surface area contributed by atoms with E-state index in [1.807, 2.05) is 6.92 Å². The minimum Gasteiger partial charge on any atom is -0.382 e. The number of carbonyl (C=O) groups is 1. The largest absolute Gasteiger partial charge is 0.382 e. The average Bonchev–Trinajstić information content (AvgIpc) is 3.48. The summed E-state index contributed by atoms with van der Waals surface area (Å²) < 4.78 is 40.6. The van der Waals surface area contributed by atoms with Crippen LogP contribution in [0.1, 0.15) is 30.1 Å². The van der Waals surface area contributed by atoms with Gasteiger partial charge in [0, 0.05) is 45.7 Å². The van der Waals surface area contributed by atoms with E-state index in [1.54, 1.807) is 47.9 Å². The molecule has 4 heterocycles. The summed E-state index contributed by atoms with van der Waals surface area (Å²) in [5, 5.41) is 7.23. The molecule has 3 aromatic heterocycles. The second-order valence-corrected chi connectivity index (χ2v) is 8.65. The summed E-state index contributed by atoms with van der Waals surface area (Å²) in [4.78, 5) is 28.3. The summed E-state index contributed by atoms with van der Waals surface area (Å²) in [6, 6.07) is 5.24. The molecule has 0 radical (unpaired) electrons. The molecule has 186 valence electrons. The van der Waals surface area contributed by atoms with Gasteiger partial charge in [-0.25, -0.2) is 19.3 Å². The van der Waals surface area contributed by atoms with Crippen LogP contribution in [0.2, 0.25) is 0 Å². The molecule has 0 bridgehead atoms. The Morgan fingerprint density at radius 1 is 1.25 bits per heavy atom. The Morgan fingerprint density at radius 2 is 2.08 bits per heavy atom. The fourth-order valence-electron chi connectivity index (χ4n) is 4.06. The van der Waals surface area contributed by atoms with E-state index >= 15 is 0 Å². The van der Waals surface area contributed by atoms with Crippen molar-refractivity contribution in [1.29, 1.82) is 0 Å². The molecule has 1 aliphatic heterocycles. The molecule has 0 spiro atoms. The lowest BCUT2D eigenvalue weighted by Gasteiger charge is -2.35.